The first-order chi connectivity index (χ1) is 18.4. The number of methoxy groups -OCH3 is 2. The van der Waals surface area contributed by atoms with Crippen molar-refractivity contribution in [3.05, 3.63) is 45.9 Å². The minimum absolute atomic E-state index is 0.0595. The number of amides is 1. The quantitative estimate of drug-likeness (QED) is 0.245. The lowest BCUT2D eigenvalue weighted by molar-refractivity contribution is -0.0605. The summed E-state index contributed by atoms with van der Waals surface area (Å²) < 4.78 is 23.3. The molecule has 0 radical (unpaired) electrons. The Bertz CT molecular complexity index is 1300. The fourth-order valence-electron chi connectivity index (χ4n) is 3.73. The molecule has 0 spiro atoms. The molecule has 3 aromatic rings. The van der Waals surface area contributed by atoms with Crippen LogP contribution in [-0.2, 0) is 20.8 Å². The van der Waals surface area contributed by atoms with Gasteiger partial charge in [-0.3, -0.25) is 9.36 Å². The zero-order valence-corrected chi connectivity index (χ0v) is 23.6. The Balaban J connectivity index is 1.58. The van der Waals surface area contributed by atoms with E-state index in [0.717, 1.165) is 12.0 Å². The lowest BCUT2D eigenvalue weighted by atomic mass is 10.0. The number of aromatic nitrogens is 4. The predicted octanol–water partition coefficient (Wildman–Crippen LogP) is 2.51. The summed E-state index contributed by atoms with van der Waals surface area (Å²) >= 11 is 0. The van der Waals surface area contributed by atoms with Gasteiger partial charge in [0.2, 0.25) is 0 Å². The summed E-state index contributed by atoms with van der Waals surface area (Å²) in [6.07, 6.45) is 1.44. The molecule has 0 saturated carbocycles. The molecule has 1 amide bonds. The van der Waals surface area contributed by atoms with Crippen LogP contribution in [-0.4, -0.2) is 77.2 Å². The molecule has 0 bridgehead atoms. The van der Waals surface area contributed by atoms with Gasteiger partial charge in [-0.15, -0.1) is 0 Å². The highest BCUT2D eigenvalue weighted by molar-refractivity contribution is 5.94. The zero-order valence-electron chi connectivity index (χ0n) is 23.6. The highest BCUT2D eigenvalue weighted by Gasteiger charge is 2.22. The van der Waals surface area contributed by atoms with E-state index >= 15 is 0 Å². The highest BCUT2D eigenvalue weighted by Crippen LogP contribution is 2.20. The third kappa shape index (κ3) is 8.50. The van der Waals surface area contributed by atoms with Gasteiger partial charge in [0, 0.05) is 26.3 Å². The van der Waals surface area contributed by atoms with Crippen molar-refractivity contribution in [3.63, 3.8) is 0 Å². The molecule has 2 aromatic heterocycles. The van der Waals surface area contributed by atoms with Crippen LogP contribution in [0.2, 0.25) is 0 Å². The van der Waals surface area contributed by atoms with Crippen LogP contribution in [0.1, 0.15) is 56.5 Å². The smallest absolute Gasteiger partial charge is 0.328 e. The van der Waals surface area contributed by atoms with Gasteiger partial charge in [-0.2, -0.15) is 9.97 Å². The molecule has 0 saturated heterocycles. The number of H-pyrrole nitrogens is 1. The van der Waals surface area contributed by atoms with E-state index in [2.05, 4.69) is 20.3 Å². The highest BCUT2D eigenvalue weighted by atomic mass is 16.5. The van der Waals surface area contributed by atoms with Gasteiger partial charge in [-0.05, 0) is 58.2 Å². The van der Waals surface area contributed by atoms with E-state index < -0.39 is 0 Å². The average molecular weight is 545 g/mol. The molecule has 0 aliphatic heterocycles. The second kappa shape index (κ2) is 13.0. The number of nitrogens with zero attached hydrogens (tertiary/aromatic N) is 3. The fourth-order valence-corrected chi connectivity index (χ4v) is 3.73. The predicted molar refractivity (Wildman–Crippen MR) is 148 cm³/mol. The molecular weight excluding hydrogens is 504 g/mol. The molecule has 0 aliphatic carbocycles. The van der Waals surface area contributed by atoms with Crippen LogP contribution in [0.15, 0.2) is 29.1 Å². The lowest BCUT2D eigenvalue weighted by Crippen LogP contribution is -2.34. The average Bonchev–Trinajstić information content (AvgIpc) is 3.19. The monoisotopic (exact) mass is 544 g/mol. The van der Waals surface area contributed by atoms with Crippen LogP contribution < -0.4 is 21.5 Å². The zero-order chi connectivity index (χ0) is 28.6. The van der Waals surface area contributed by atoms with Crippen molar-refractivity contribution in [1.29, 1.82) is 0 Å². The molecule has 12 nitrogen and oxygen atoms in total. The standard InChI is InChI=1S/C27H40N6O6/c1-26(2,37-6)12-14-39-27(3,4)11-13-29-23(34)19-9-7-18(8-10-19)17-33-22-20(30-25(33)35)21(28)31-24(32-22)38-16-15-36-5/h7-10H,11-17H2,1-6H3,(H,29,34)(H,30,35)(H2,28,31,32). The van der Waals surface area contributed by atoms with E-state index in [0.29, 0.717) is 42.9 Å². The van der Waals surface area contributed by atoms with E-state index in [1.54, 1.807) is 38.5 Å². The van der Waals surface area contributed by atoms with Gasteiger partial charge in [0.15, 0.2) is 11.5 Å². The summed E-state index contributed by atoms with van der Waals surface area (Å²) in [4.78, 5) is 36.4. The van der Waals surface area contributed by atoms with Gasteiger partial charge in [-0.1, -0.05) is 12.1 Å². The van der Waals surface area contributed by atoms with Gasteiger partial charge in [0.25, 0.3) is 5.91 Å². The maximum atomic E-state index is 12.7. The number of imidazole rings is 1. The summed E-state index contributed by atoms with van der Waals surface area (Å²) in [6.45, 7) is 9.94. The maximum absolute atomic E-state index is 12.7. The van der Waals surface area contributed by atoms with Crippen LogP contribution >= 0.6 is 0 Å². The Morgan fingerprint density at radius 2 is 1.74 bits per heavy atom. The Kier molecular flexibility index (Phi) is 10.1. The molecule has 0 unspecified atom stereocenters. The van der Waals surface area contributed by atoms with Crippen LogP contribution in [0, 0.1) is 0 Å². The second-order valence-electron chi connectivity index (χ2n) is 10.5. The minimum Gasteiger partial charge on any atom is -0.461 e. The molecule has 4 N–H and O–H groups in total. The summed E-state index contributed by atoms with van der Waals surface area (Å²) in [7, 11) is 3.25. The lowest BCUT2D eigenvalue weighted by Gasteiger charge is -2.29. The number of hydrogen-bond acceptors (Lipinski definition) is 9. The summed E-state index contributed by atoms with van der Waals surface area (Å²) in [5, 5.41) is 2.95. The van der Waals surface area contributed by atoms with Crippen molar-refractivity contribution < 1.29 is 23.7 Å². The summed E-state index contributed by atoms with van der Waals surface area (Å²) in [6, 6.07) is 7.10. The molecule has 1 aromatic carbocycles. The van der Waals surface area contributed by atoms with Crippen molar-refractivity contribution >= 4 is 22.9 Å². The third-order valence-electron chi connectivity index (χ3n) is 6.47. The molecule has 0 atom stereocenters. The van der Waals surface area contributed by atoms with Crippen LogP contribution in [0.5, 0.6) is 6.01 Å². The first kappa shape index (κ1) is 30.1. The second-order valence-corrected chi connectivity index (χ2v) is 10.5. The van der Waals surface area contributed by atoms with E-state index in [9.17, 15) is 9.59 Å². The largest absolute Gasteiger partial charge is 0.461 e. The molecule has 0 aliphatic rings. The first-order valence-corrected chi connectivity index (χ1v) is 12.9. The van der Waals surface area contributed by atoms with Crippen LogP contribution in [0.3, 0.4) is 0 Å². The SMILES string of the molecule is COCCOc1nc(N)c2[nH]c(=O)n(Cc3ccc(C(=O)NCCC(C)(C)OCCC(C)(C)OC)cc3)c2n1. The van der Waals surface area contributed by atoms with Crippen LogP contribution in [0.4, 0.5) is 5.82 Å². The normalized spacial score (nSPS) is 12.2. The molecule has 3 rings (SSSR count). The van der Waals surface area contributed by atoms with E-state index in [1.165, 1.54) is 4.57 Å². The maximum Gasteiger partial charge on any atom is 0.328 e. The number of anilines is 1. The number of nitrogens with two attached hydrogens (primary N) is 1. The molecule has 214 valence electrons. The van der Waals surface area contributed by atoms with Gasteiger partial charge < -0.3 is 35.0 Å². The van der Waals surface area contributed by atoms with Gasteiger partial charge in [0.1, 0.15) is 12.1 Å². The van der Waals surface area contributed by atoms with Crippen molar-refractivity contribution in [2.45, 2.75) is 58.3 Å². The van der Waals surface area contributed by atoms with Gasteiger partial charge >= 0.3 is 11.7 Å². The van der Waals surface area contributed by atoms with E-state index in [4.69, 9.17) is 24.7 Å². The number of hydrogen-bond donors (Lipinski definition) is 3. The summed E-state index contributed by atoms with van der Waals surface area (Å²) in [5.74, 6) is -0.0665. The number of fused-ring (bicyclic) bond motifs is 1. The van der Waals surface area contributed by atoms with E-state index in [-0.39, 0.29) is 47.8 Å². The van der Waals surface area contributed by atoms with Crippen molar-refractivity contribution in [3.8, 4) is 6.01 Å². The van der Waals surface area contributed by atoms with Crippen LogP contribution in [0.25, 0.3) is 11.2 Å². The number of ether oxygens (including phenoxy) is 4. The fraction of sp³-hybridized carbons (Fsp3) is 0.556. The number of rotatable bonds is 15. The molecular formula is C27H40N6O6. The third-order valence-corrected chi connectivity index (χ3v) is 6.47. The number of nitrogens with one attached hydrogen (secondary N) is 2. The molecule has 2 heterocycles. The number of carbonyl (C=O) groups excluding carboxylic acids is 1. The molecule has 0 fully saturated rings. The van der Waals surface area contributed by atoms with Crippen molar-refractivity contribution in [1.82, 2.24) is 24.8 Å². The first-order valence-electron chi connectivity index (χ1n) is 12.9. The Morgan fingerprint density at radius 3 is 2.41 bits per heavy atom. The van der Waals surface area contributed by atoms with Crippen molar-refractivity contribution in [2.24, 2.45) is 0 Å². The van der Waals surface area contributed by atoms with Gasteiger partial charge in [0.05, 0.1) is 31.0 Å². The van der Waals surface area contributed by atoms with E-state index in [1.807, 2.05) is 27.7 Å². The topological polar surface area (TPSA) is 156 Å². The Labute approximate surface area is 228 Å². The Morgan fingerprint density at radius 1 is 1.03 bits per heavy atom. The number of aromatic amines is 1. The molecule has 39 heavy (non-hydrogen) atoms. The van der Waals surface area contributed by atoms with Gasteiger partial charge in [-0.25, -0.2) is 4.79 Å². The number of nitrogen functional groups attached to an aromatic ring is 1. The number of benzene rings is 1. The molecule has 12 heteroatoms. The number of carbonyl (C=O) groups is 1. The van der Waals surface area contributed by atoms with Crippen molar-refractivity contribution in [2.75, 3.05) is 46.3 Å². The summed E-state index contributed by atoms with van der Waals surface area (Å²) in [5.41, 5.74) is 7.00. The minimum atomic E-state index is -0.380. The Hall–Kier alpha value is -3.48.